The van der Waals surface area contributed by atoms with Crippen molar-refractivity contribution in [2.45, 2.75) is 39.3 Å². The third-order valence-electron chi connectivity index (χ3n) is 6.38. The van der Waals surface area contributed by atoms with Crippen molar-refractivity contribution in [3.63, 3.8) is 0 Å². The number of Topliss-reactive ketones (excluding diaryl/α,β-unsaturated/α-hetero) is 1. The van der Waals surface area contributed by atoms with Crippen molar-refractivity contribution in [1.82, 2.24) is 14.4 Å². The van der Waals surface area contributed by atoms with E-state index in [-0.39, 0.29) is 5.78 Å². The lowest BCUT2D eigenvalue weighted by molar-refractivity contribution is 0.0843. The van der Waals surface area contributed by atoms with E-state index in [1.165, 1.54) is 24.1 Å². The van der Waals surface area contributed by atoms with Crippen molar-refractivity contribution in [3.8, 4) is 11.5 Å². The van der Waals surface area contributed by atoms with E-state index in [0.717, 1.165) is 55.5 Å². The number of aromatic nitrogens is 1. The predicted octanol–water partition coefficient (Wildman–Crippen LogP) is 3.46. The fourth-order valence-corrected chi connectivity index (χ4v) is 4.58. The molecule has 0 spiro atoms. The van der Waals surface area contributed by atoms with Gasteiger partial charge in [0, 0.05) is 55.7 Å². The molecule has 0 bridgehead atoms. The lowest BCUT2D eigenvalue weighted by atomic mass is 10.1. The molecule has 2 aliphatic rings. The second-order valence-electron chi connectivity index (χ2n) is 8.55. The number of hydrogen-bond acceptors (Lipinski definition) is 5. The van der Waals surface area contributed by atoms with Gasteiger partial charge in [0.1, 0.15) is 0 Å². The average molecular weight is 412 g/mol. The van der Waals surface area contributed by atoms with Crippen LogP contribution in [0.4, 0.5) is 0 Å². The fraction of sp³-hybridized carbons (Fsp3) is 0.542. The van der Waals surface area contributed by atoms with E-state index >= 15 is 0 Å². The van der Waals surface area contributed by atoms with Crippen molar-refractivity contribution >= 4 is 5.78 Å². The molecular formula is C24H33N3O3. The largest absolute Gasteiger partial charge is 0.493 e. The normalized spacial score (nSPS) is 17.9. The Labute approximate surface area is 179 Å². The van der Waals surface area contributed by atoms with Gasteiger partial charge in [-0.1, -0.05) is 6.07 Å². The number of piperazine rings is 1. The second-order valence-corrected chi connectivity index (χ2v) is 8.55. The molecule has 6 heteroatoms. The van der Waals surface area contributed by atoms with Crippen LogP contribution in [0.25, 0.3) is 0 Å². The van der Waals surface area contributed by atoms with E-state index in [0.29, 0.717) is 12.6 Å². The van der Waals surface area contributed by atoms with E-state index in [9.17, 15) is 4.79 Å². The van der Waals surface area contributed by atoms with Crippen molar-refractivity contribution in [3.05, 3.63) is 46.8 Å². The number of methoxy groups -OCH3 is 2. The summed E-state index contributed by atoms with van der Waals surface area (Å²) < 4.78 is 13.1. The number of benzene rings is 1. The predicted molar refractivity (Wildman–Crippen MR) is 118 cm³/mol. The van der Waals surface area contributed by atoms with Gasteiger partial charge in [-0.25, -0.2) is 0 Å². The van der Waals surface area contributed by atoms with Crippen molar-refractivity contribution in [2.75, 3.05) is 46.9 Å². The summed E-state index contributed by atoms with van der Waals surface area (Å²) in [7, 11) is 3.32. The van der Waals surface area contributed by atoms with Gasteiger partial charge in [0.15, 0.2) is 17.3 Å². The van der Waals surface area contributed by atoms with E-state index < -0.39 is 0 Å². The van der Waals surface area contributed by atoms with Crippen molar-refractivity contribution in [2.24, 2.45) is 0 Å². The molecule has 4 rings (SSSR count). The molecule has 2 aromatic rings. The molecule has 1 aliphatic carbocycles. The van der Waals surface area contributed by atoms with Gasteiger partial charge in [-0.05, 0) is 50.5 Å². The maximum absolute atomic E-state index is 13.0. The number of carbonyl (C=O) groups excluding carboxylic acids is 1. The van der Waals surface area contributed by atoms with E-state index in [1.54, 1.807) is 14.2 Å². The lowest BCUT2D eigenvalue weighted by Gasteiger charge is -2.34. The molecule has 6 nitrogen and oxygen atoms in total. The average Bonchev–Trinajstić information content (AvgIpc) is 3.53. The summed E-state index contributed by atoms with van der Waals surface area (Å²) >= 11 is 0. The molecule has 1 aromatic heterocycles. The molecular weight excluding hydrogens is 378 g/mol. The Kier molecular flexibility index (Phi) is 6.16. The van der Waals surface area contributed by atoms with Crippen LogP contribution in [0.5, 0.6) is 11.5 Å². The van der Waals surface area contributed by atoms with E-state index in [2.05, 4.69) is 40.3 Å². The summed E-state index contributed by atoms with van der Waals surface area (Å²) in [5, 5.41) is 0. The standard InChI is InChI=1S/C24H33N3O3/c1-17-13-21(18(2)27(17)20-6-7-20)22(28)16-26-11-9-25(10-12-26)15-19-5-8-23(29-3)24(14-19)30-4/h5,8,13-14,20H,6-7,9-12,15-16H2,1-4H3. The Morgan fingerprint density at radius 2 is 1.63 bits per heavy atom. The first-order chi connectivity index (χ1) is 14.5. The quantitative estimate of drug-likeness (QED) is 0.623. The molecule has 0 atom stereocenters. The monoisotopic (exact) mass is 411 g/mol. The van der Waals surface area contributed by atoms with Crippen LogP contribution in [-0.2, 0) is 6.54 Å². The van der Waals surface area contributed by atoms with E-state index in [4.69, 9.17) is 9.47 Å². The Morgan fingerprint density at radius 1 is 0.967 bits per heavy atom. The molecule has 1 saturated carbocycles. The van der Waals surface area contributed by atoms with Gasteiger partial charge in [0.2, 0.25) is 0 Å². The van der Waals surface area contributed by atoms with Crippen LogP contribution in [0.2, 0.25) is 0 Å². The molecule has 1 aliphatic heterocycles. The summed E-state index contributed by atoms with van der Waals surface area (Å²) in [6.45, 7) is 9.37. The minimum absolute atomic E-state index is 0.253. The van der Waals surface area contributed by atoms with Crippen LogP contribution >= 0.6 is 0 Å². The van der Waals surface area contributed by atoms with Crippen LogP contribution in [0, 0.1) is 13.8 Å². The van der Waals surface area contributed by atoms with Gasteiger partial charge in [-0.3, -0.25) is 14.6 Å². The number of carbonyl (C=O) groups is 1. The highest BCUT2D eigenvalue weighted by Crippen LogP contribution is 2.38. The zero-order chi connectivity index (χ0) is 21.3. The molecule has 0 N–H and O–H groups in total. The molecule has 0 unspecified atom stereocenters. The topological polar surface area (TPSA) is 46.9 Å². The highest BCUT2D eigenvalue weighted by molar-refractivity contribution is 5.99. The first kappa shape index (κ1) is 20.9. The Bertz CT molecular complexity index is 909. The summed E-state index contributed by atoms with van der Waals surface area (Å²) in [6, 6.07) is 8.80. The molecule has 0 amide bonds. The zero-order valence-electron chi connectivity index (χ0n) is 18.6. The van der Waals surface area contributed by atoms with Crippen LogP contribution in [0.3, 0.4) is 0 Å². The number of nitrogens with zero attached hydrogens (tertiary/aromatic N) is 3. The maximum atomic E-state index is 13.0. The highest BCUT2D eigenvalue weighted by Gasteiger charge is 2.29. The third kappa shape index (κ3) is 4.40. The molecule has 2 fully saturated rings. The van der Waals surface area contributed by atoms with Gasteiger partial charge in [-0.15, -0.1) is 0 Å². The zero-order valence-corrected chi connectivity index (χ0v) is 18.6. The molecule has 2 heterocycles. The third-order valence-corrected chi connectivity index (χ3v) is 6.38. The van der Waals surface area contributed by atoms with Crippen LogP contribution in [0.1, 0.15) is 46.2 Å². The van der Waals surface area contributed by atoms with Crippen LogP contribution in [0.15, 0.2) is 24.3 Å². The summed E-state index contributed by atoms with van der Waals surface area (Å²) in [6.07, 6.45) is 2.48. The SMILES string of the molecule is COc1ccc(CN2CCN(CC(=O)c3cc(C)n(C4CC4)c3C)CC2)cc1OC. The van der Waals surface area contributed by atoms with Crippen LogP contribution in [-0.4, -0.2) is 67.1 Å². The van der Waals surface area contributed by atoms with Gasteiger partial charge < -0.3 is 14.0 Å². The fourth-order valence-electron chi connectivity index (χ4n) is 4.58. The van der Waals surface area contributed by atoms with Crippen LogP contribution < -0.4 is 9.47 Å². The number of ketones is 1. The highest BCUT2D eigenvalue weighted by atomic mass is 16.5. The smallest absolute Gasteiger partial charge is 0.178 e. The second kappa shape index (κ2) is 8.82. The number of hydrogen-bond donors (Lipinski definition) is 0. The van der Waals surface area contributed by atoms with Gasteiger partial charge in [0.05, 0.1) is 20.8 Å². The summed E-state index contributed by atoms with van der Waals surface area (Å²) in [5.74, 6) is 1.78. The maximum Gasteiger partial charge on any atom is 0.178 e. The Balaban J connectivity index is 1.31. The molecule has 1 aromatic carbocycles. The molecule has 162 valence electrons. The van der Waals surface area contributed by atoms with Gasteiger partial charge >= 0.3 is 0 Å². The number of rotatable bonds is 8. The number of ether oxygens (including phenoxy) is 2. The summed E-state index contributed by atoms with van der Waals surface area (Å²) in [5.41, 5.74) is 4.49. The minimum Gasteiger partial charge on any atom is -0.493 e. The Hall–Kier alpha value is -2.31. The molecule has 1 saturated heterocycles. The van der Waals surface area contributed by atoms with Gasteiger partial charge in [0.25, 0.3) is 0 Å². The minimum atomic E-state index is 0.253. The Morgan fingerprint density at radius 3 is 2.27 bits per heavy atom. The van der Waals surface area contributed by atoms with Crippen molar-refractivity contribution < 1.29 is 14.3 Å². The molecule has 0 radical (unpaired) electrons. The first-order valence-electron chi connectivity index (χ1n) is 10.9. The van der Waals surface area contributed by atoms with Crippen molar-refractivity contribution in [1.29, 1.82) is 0 Å². The van der Waals surface area contributed by atoms with Gasteiger partial charge in [-0.2, -0.15) is 0 Å². The van der Waals surface area contributed by atoms with E-state index in [1.807, 2.05) is 12.1 Å². The lowest BCUT2D eigenvalue weighted by Crippen LogP contribution is -2.47. The first-order valence-corrected chi connectivity index (χ1v) is 10.9. The number of aryl methyl sites for hydroxylation is 1. The summed E-state index contributed by atoms with van der Waals surface area (Å²) in [4.78, 5) is 17.7. The molecule has 30 heavy (non-hydrogen) atoms.